The Hall–Kier alpha value is 0.0748. The Labute approximate surface area is 65.6 Å². The molecule has 0 spiro atoms. The number of hydrogen-bond donors (Lipinski definition) is 3. The fourth-order valence-electron chi connectivity index (χ4n) is 0.269. The van der Waals surface area contributed by atoms with E-state index in [0.29, 0.717) is 0 Å². The molecule has 0 unspecified atom stereocenters. The summed E-state index contributed by atoms with van der Waals surface area (Å²) in [5.41, 5.74) is 0. The van der Waals surface area contributed by atoms with Gasteiger partial charge in [0.05, 0.1) is 0 Å². The lowest BCUT2D eigenvalue weighted by molar-refractivity contribution is 0.886. The Morgan fingerprint density at radius 1 is 0.800 bits per heavy atom. The van der Waals surface area contributed by atoms with E-state index in [1.54, 1.807) is 22.6 Å². The number of nitrogens with one attached hydrogen (secondary N) is 3. The molecule has 1 aliphatic heterocycles. The van der Waals surface area contributed by atoms with Gasteiger partial charge in [-0.2, -0.15) is 0 Å². The summed E-state index contributed by atoms with van der Waals surface area (Å²) >= 11 is 0. The molecule has 1 rings (SSSR count). The van der Waals surface area contributed by atoms with Gasteiger partial charge in [-0.1, -0.05) is 26.7 Å². The molecule has 1 fully saturated rings. The summed E-state index contributed by atoms with van der Waals surface area (Å²) in [6.07, 6.45) is 2.64. The molecule has 0 saturated carbocycles. The maximum atomic E-state index is 2.78. The average molecular weight is 136 g/mol. The topological polar surface area (TPSA) is 36.1 Å². The predicted molar refractivity (Wildman–Crippen MR) is 47.3 cm³/mol. The van der Waals surface area contributed by atoms with Crippen LogP contribution >= 0.6 is 0 Å². The van der Waals surface area contributed by atoms with E-state index in [2.05, 4.69) is 29.3 Å². The van der Waals surface area contributed by atoms with Crippen LogP contribution < -0.4 is 15.4 Å². The Bertz CT molecular complexity index is 46.2. The summed E-state index contributed by atoms with van der Waals surface area (Å²) < 4.78 is 0. The second kappa shape index (κ2) is 9.07. The second-order valence-corrected chi connectivity index (χ2v) is 1.93. The average Bonchev–Trinajstić information content (AvgIpc) is 2.08. The maximum absolute atomic E-state index is 2.78. The van der Waals surface area contributed by atoms with Crippen molar-refractivity contribution in [2.45, 2.75) is 26.7 Å². The van der Waals surface area contributed by atoms with Gasteiger partial charge in [-0.05, 0) is 0 Å². The Morgan fingerprint density at radius 2 is 1.10 bits per heavy atom. The van der Waals surface area contributed by atoms with E-state index in [4.69, 9.17) is 0 Å². The van der Waals surface area contributed by atoms with E-state index in [1.807, 2.05) is 0 Å². The first-order valence-electron chi connectivity index (χ1n) is 3.65. The van der Waals surface area contributed by atoms with Crippen molar-refractivity contribution in [3.8, 4) is 0 Å². The molecule has 1 aliphatic rings. The first kappa shape index (κ1) is 10.1. The zero-order valence-corrected chi connectivity index (χ0v) is 6.65. The van der Waals surface area contributed by atoms with Crippen LogP contribution in [0.1, 0.15) is 26.7 Å². The third kappa shape index (κ3) is 8.07. The van der Waals surface area contributed by atoms with Gasteiger partial charge >= 0.3 is 0 Å². The van der Waals surface area contributed by atoms with Crippen molar-refractivity contribution >= 4 is 22.6 Å². The largest absolute Gasteiger partial charge is 0.379 e. The molecule has 0 aromatic heterocycles. The first-order chi connectivity index (χ1) is 4.91. The number of hydrogen-bond acceptors (Lipinski definition) is 3. The lowest BCUT2D eigenvalue weighted by Crippen LogP contribution is -2.55. The maximum Gasteiger partial charge on any atom is 0.284 e. The minimum Gasteiger partial charge on any atom is -0.379 e. The molecule has 3 N–H and O–H groups in total. The lowest BCUT2D eigenvalue weighted by atomic mass is 9.85. The predicted octanol–water partition coefficient (Wildman–Crippen LogP) is -0.822. The minimum atomic E-state index is 1.32. The van der Waals surface area contributed by atoms with Crippen molar-refractivity contribution in [3.63, 3.8) is 0 Å². The van der Waals surface area contributed by atoms with E-state index in [-0.39, 0.29) is 0 Å². The van der Waals surface area contributed by atoms with Crippen LogP contribution in [0.4, 0.5) is 0 Å². The van der Waals surface area contributed by atoms with E-state index >= 15 is 0 Å². The van der Waals surface area contributed by atoms with Gasteiger partial charge in [0.25, 0.3) is 22.6 Å². The van der Waals surface area contributed by atoms with E-state index < -0.39 is 0 Å². The SMILES string of the molecule is CCCC.[B]1N[B]N[B]N1. The molecule has 1 heterocycles. The van der Waals surface area contributed by atoms with Gasteiger partial charge in [0.2, 0.25) is 0 Å². The fraction of sp³-hybridized carbons (Fsp3) is 1.00. The highest BCUT2D eigenvalue weighted by atomic mass is 15.0. The highest BCUT2D eigenvalue weighted by Crippen LogP contribution is 1.76. The van der Waals surface area contributed by atoms with E-state index in [0.717, 1.165) is 0 Å². The van der Waals surface area contributed by atoms with Crippen LogP contribution in [0.15, 0.2) is 0 Å². The Kier molecular flexibility index (Phi) is 9.14. The van der Waals surface area contributed by atoms with Gasteiger partial charge in [-0.15, -0.1) is 0 Å². The monoisotopic (exact) mass is 136 g/mol. The van der Waals surface area contributed by atoms with E-state index in [9.17, 15) is 0 Å². The molecule has 10 heavy (non-hydrogen) atoms. The quantitative estimate of drug-likeness (QED) is 0.411. The third-order valence-corrected chi connectivity index (χ3v) is 1.00. The molecule has 3 radical (unpaired) electrons. The van der Waals surface area contributed by atoms with Crippen LogP contribution in [0.25, 0.3) is 0 Å². The number of rotatable bonds is 1. The molecule has 0 bridgehead atoms. The summed E-state index contributed by atoms with van der Waals surface area (Å²) in [6.45, 7) is 4.36. The summed E-state index contributed by atoms with van der Waals surface area (Å²) in [5, 5.41) is 8.34. The van der Waals surface area contributed by atoms with Crippen molar-refractivity contribution in [2.75, 3.05) is 0 Å². The van der Waals surface area contributed by atoms with Crippen LogP contribution in [0.5, 0.6) is 0 Å². The zero-order valence-electron chi connectivity index (χ0n) is 6.65. The second-order valence-electron chi connectivity index (χ2n) is 1.93. The molecule has 0 aromatic rings. The standard InChI is InChI=1S/C4H10.B3H3N3/c1-3-4-2;1-4-2-6-3-5-1/h3-4H2,1-2H3;4-6H. The fourth-order valence-corrected chi connectivity index (χ4v) is 0.269. The summed E-state index contributed by atoms with van der Waals surface area (Å²) in [6, 6.07) is 0. The van der Waals surface area contributed by atoms with Gasteiger partial charge in [-0.25, -0.2) is 0 Å². The normalized spacial score (nSPS) is 15.0. The van der Waals surface area contributed by atoms with Crippen molar-refractivity contribution in [3.05, 3.63) is 0 Å². The first-order valence-corrected chi connectivity index (χ1v) is 3.65. The van der Waals surface area contributed by atoms with Crippen molar-refractivity contribution < 1.29 is 0 Å². The third-order valence-electron chi connectivity index (χ3n) is 1.00. The molecule has 1 saturated heterocycles. The molecule has 0 aliphatic carbocycles. The van der Waals surface area contributed by atoms with Gasteiger partial charge < -0.3 is 15.4 Å². The Morgan fingerprint density at radius 3 is 1.20 bits per heavy atom. The molecule has 0 aromatic carbocycles. The summed E-state index contributed by atoms with van der Waals surface area (Å²) in [4.78, 5) is 0. The summed E-state index contributed by atoms with van der Waals surface area (Å²) in [5.74, 6) is 0. The highest BCUT2D eigenvalue weighted by molar-refractivity contribution is 6.65. The zero-order chi connectivity index (χ0) is 7.66. The lowest BCUT2D eigenvalue weighted by Gasteiger charge is -2.07. The van der Waals surface area contributed by atoms with Crippen LogP contribution in [0, 0.1) is 0 Å². The van der Waals surface area contributed by atoms with Gasteiger partial charge in [0, 0.05) is 0 Å². The molecular formula is C4H13B3N3. The van der Waals surface area contributed by atoms with Crippen LogP contribution in [-0.4, -0.2) is 22.6 Å². The number of unbranched alkanes of at least 4 members (excludes halogenated alkanes) is 1. The van der Waals surface area contributed by atoms with Gasteiger partial charge in [0.15, 0.2) is 0 Å². The molecule has 53 valence electrons. The molecular weight excluding hydrogens is 123 g/mol. The smallest absolute Gasteiger partial charge is 0.284 e. The van der Waals surface area contributed by atoms with Crippen LogP contribution in [-0.2, 0) is 0 Å². The highest BCUT2D eigenvalue weighted by Gasteiger charge is 1.98. The molecule has 0 amide bonds. The van der Waals surface area contributed by atoms with Crippen LogP contribution in [0.2, 0.25) is 0 Å². The van der Waals surface area contributed by atoms with Crippen molar-refractivity contribution in [1.82, 2.24) is 15.4 Å². The molecule has 6 heteroatoms. The Balaban J connectivity index is 0.000000180. The van der Waals surface area contributed by atoms with Gasteiger partial charge in [-0.3, -0.25) is 0 Å². The molecule has 0 atom stereocenters. The van der Waals surface area contributed by atoms with Gasteiger partial charge in [0.1, 0.15) is 0 Å². The summed E-state index contributed by atoms with van der Waals surface area (Å²) in [7, 11) is 5.16. The van der Waals surface area contributed by atoms with Crippen molar-refractivity contribution in [1.29, 1.82) is 0 Å². The van der Waals surface area contributed by atoms with E-state index in [1.165, 1.54) is 12.8 Å². The minimum absolute atomic E-state index is 1.32. The molecule has 3 nitrogen and oxygen atoms in total. The van der Waals surface area contributed by atoms with Crippen LogP contribution in [0.3, 0.4) is 0 Å². The van der Waals surface area contributed by atoms with Crippen molar-refractivity contribution in [2.24, 2.45) is 0 Å².